The van der Waals surface area contributed by atoms with Crippen molar-refractivity contribution in [2.75, 3.05) is 19.7 Å². The van der Waals surface area contributed by atoms with E-state index in [1.807, 2.05) is 10.9 Å². The van der Waals surface area contributed by atoms with E-state index in [4.69, 9.17) is 0 Å². The van der Waals surface area contributed by atoms with Crippen LogP contribution in [-0.4, -0.2) is 45.5 Å². The number of aryl methyl sites for hydroxylation is 1. The van der Waals surface area contributed by atoms with Crippen molar-refractivity contribution >= 4 is 0 Å². The van der Waals surface area contributed by atoms with Crippen LogP contribution in [-0.2, 0) is 6.54 Å². The summed E-state index contributed by atoms with van der Waals surface area (Å²) in [6.45, 7) is 5.38. The zero-order chi connectivity index (χ0) is 12.1. The monoisotopic (exact) mass is 237 g/mol. The highest BCUT2D eigenvalue weighted by Gasteiger charge is 2.19. The minimum Gasteiger partial charge on any atom is -0.395 e. The average Bonchev–Trinajstić information content (AvgIpc) is 2.63. The lowest BCUT2D eigenvalue weighted by Crippen LogP contribution is -2.39. The van der Waals surface area contributed by atoms with Crippen LogP contribution in [0.4, 0.5) is 0 Å². The van der Waals surface area contributed by atoms with E-state index < -0.39 is 0 Å². The fourth-order valence-electron chi connectivity index (χ4n) is 2.56. The number of hydrogen-bond acceptors (Lipinski definition) is 3. The largest absolute Gasteiger partial charge is 0.395 e. The number of aliphatic hydroxyl groups excluding tert-OH is 1. The van der Waals surface area contributed by atoms with Crippen molar-refractivity contribution in [1.29, 1.82) is 0 Å². The molecule has 4 nitrogen and oxygen atoms in total. The highest BCUT2D eigenvalue weighted by molar-refractivity contribution is 4.99. The molecule has 1 aromatic heterocycles. The average molecular weight is 237 g/mol. The Morgan fingerprint density at radius 3 is 2.94 bits per heavy atom. The third kappa shape index (κ3) is 3.54. The van der Waals surface area contributed by atoms with E-state index in [0.29, 0.717) is 6.04 Å². The van der Waals surface area contributed by atoms with Gasteiger partial charge in [-0.15, -0.1) is 0 Å². The first-order valence-electron chi connectivity index (χ1n) is 6.63. The fourth-order valence-corrected chi connectivity index (χ4v) is 2.56. The predicted octanol–water partition coefficient (Wildman–Crippen LogP) is 1.43. The van der Waals surface area contributed by atoms with Gasteiger partial charge in [-0.2, -0.15) is 5.10 Å². The summed E-state index contributed by atoms with van der Waals surface area (Å²) in [5, 5.41) is 13.7. The molecule has 2 rings (SSSR count). The van der Waals surface area contributed by atoms with Crippen LogP contribution < -0.4 is 0 Å². The number of nitrogens with zero attached hydrogens (tertiary/aromatic N) is 3. The Bertz CT molecular complexity index is 337. The molecular weight excluding hydrogens is 214 g/mol. The quantitative estimate of drug-likeness (QED) is 0.861. The van der Waals surface area contributed by atoms with Crippen LogP contribution in [0.1, 0.15) is 31.2 Å². The van der Waals surface area contributed by atoms with E-state index in [2.05, 4.69) is 23.1 Å². The highest BCUT2D eigenvalue weighted by Crippen LogP contribution is 2.16. The number of rotatable bonds is 4. The molecule has 0 spiro atoms. The summed E-state index contributed by atoms with van der Waals surface area (Å²) in [6, 6.07) is 0.356. The maximum Gasteiger partial charge on any atom is 0.0586 e. The van der Waals surface area contributed by atoms with Gasteiger partial charge in [0, 0.05) is 18.8 Å². The zero-order valence-corrected chi connectivity index (χ0v) is 10.7. The second kappa shape index (κ2) is 6.17. The van der Waals surface area contributed by atoms with Gasteiger partial charge in [-0.1, -0.05) is 12.8 Å². The van der Waals surface area contributed by atoms with Gasteiger partial charge in [-0.3, -0.25) is 9.58 Å². The van der Waals surface area contributed by atoms with Crippen molar-refractivity contribution in [1.82, 2.24) is 14.7 Å². The Morgan fingerprint density at radius 1 is 1.35 bits per heavy atom. The fraction of sp³-hybridized carbons (Fsp3) is 0.769. The van der Waals surface area contributed by atoms with Crippen molar-refractivity contribution in [2.24, 2.45) is 0 Å². The first-order chi connectivity index (χ1) is 8.29. The van der Waals surface area contributed by atoms with E-state index in [0.717, 1.165) is 26.1 Å². The van der Waals surface area contributed by atoms with E-state index in [9.17, 15) is 5.11 Å². The zero-order valence-electron chi connectivity index (χ0n) is 10.7. The smallest absolute Gasteiger partial charge is 0.0586 e. The van der Waals surface area contributed by atoms with Crippen LogP contribution in [0, 0.1) is 6.92 Å². The lowest BCUT2D eigenvalue weighted by molar-refractivity contribution is 0.120. The summed E-state index contributed by atoms with van der Waals surface area (Å²) in [5.41, 5.74) is 1.21. The van der Waals surface area contributed by atoms with Crippen LogP contribution in [0.3, 0.4) is 0 Å². The third-order valence-electron chi connectivity index (χ3n) is 3.59. The Balaban J connectivity index is 1.87. The van der Waals surface area contributed by atoms with Crippen LogP contribution >= 0.6 is 0 Å². The first kappa shape index (κ1) is 12.6. The Labute approximate surface area is 103 Å². The summed E-state index contributed by atoms with van der Waals surface area (Å²) in [7, 11) is 0. The van der Waals surface area contributed by atoms with Gasteiger partial charge in [0.05, 0.1) is 19.3 Å². The minimum absolute atomic E-state index is 0.290. The molecule has 96 valence electrons. The van der Waals surface area contributed by atoms with Gasteiger partial charge < -0.3 is 5.11 Å². The molecule has 1 unspecified atom stereocenters. The normalized spacial score (nSPS) is 22.6. The van der Waals surface area contributed by atoms with Crippen molar-refractivity contribution in [3.8, 4) is 0 Å². The van der Waals surface area contributed by atoms with Gasteiger partial charge in [-0.25, -0.2) is 0 Å². The van der Waals surface area contributed by atoms with Gasteiger partial charge in [0.1, 0.15) is 0 Å². The molecule has 0 bridgehead atoms. The summed E-state index contributed by atoms with van der Waals surface area (Å²) >= 11 is 0. The van der Waals surface area contributed by atoms with Crippen LogP contribution in [0.15, 0.2) is 12.4 Å². The standard InChI is InChI=1S/C13H23N3O/c1-12-9-14-16(10-12)8-7-15-6-4-2-3-5-13(15)11-17/h9-10,13,17H,2-8,11H2,1H3. The molecule has 4 heteroatoms. The molecule has 1 atom stereocenters. The van der Waals surface area contributed by atoms with Crippen LogP contribution in [0.2, 0.25) is 0 Å². The van der Waals surface area contributed by atoms with Gasteiger partial charge >= 0.3 is 0 Å². The van der Waals surface area contributed by atoms with Gasteiger partial charge in [-0.05, 0) is 31.9 Å². The van der Waals surface area contributed by atoms with Gasteiger partial charge in [0.2, 0.25) is 0 Å². The lowest BCUT2D eigenvalue weighted by Gasteiger charge is -2.28. The Kier molecular flexibility index (Phi) is 4.57. The summed E-state index contributed by atoms with van der Waals surface area (Å²) in [4.78, 5) is 2.42. The second-order valence-electron chi connectivity index (χ2n) is 5.00. The number of aromatic nitrogens is 2. The molecule has 1 saturated heterocycles. The second-order valence-corrected chi connectivity index (χ2v) is 5.00. The van der Waals surface area contributed by atoms with E-state index >= 15 is 0 Å². The van der Waals surface area contributed by atoms with Crippen molar-refractivity contribution in [2.45, 2.75) is 45.2 Å². The molecule has 0 aliphatic carbocycles. The van der Waals surface area contributed by atoms with Gasteiger partial charge in [0.25, 0.3) is 0 Å². The molecule has 1 aliphatic heterocycles. The molecule has 2 heterocycles. The molecule has 1 aromatic rings. The molecular formula is C13H23N3O. The molecule has 1 aliphatic rings. The molecule has 17 heavy (non-hydrogen) atoms. The maximum atomic E-state index is 9.42. The van der Waals surface area contributed by atoms with E-state index in [-0.39, 0.29) is 6.61 Å². The summed E-state index contributed by atoms with van der Waals surface area (Å²) < 4.78 is 1.99. The molecule has 1 N–H and O–H groups in total. The molecule has 0 amide bonds. The summed E-state index contributed by atoms with van der Waals surface area (Å²) in [5.74, 6) is 0. The lowest BCUT2D eigenvalue weighted by atomic mass is 10.1. The maximum absolute atomic E-state index is 9.42. The Morgan fingerprint density at radius 2 is 2.24 bits per heavy atom. The SMILES string of the molecule is Cc1cnn(CCN2CCCCCC2CO)c1. The molecule has 0 aromatic carbocycles. The number of aliphatic hydroxyl groups is 1. The van der Waals surface area contributed by atoms with Crippen molar-refractivity contribution in [3.05, 3.63) is 18.0 Å². The third-order valence-corrected chi connectivity index (χ3v) is 3.59. The van der Waals surface area contributed by atoms with Crippen LogP contribution in [0.25, 0.3) is 0 Å². The first-order valence-corrected chi connectivity index (χ1v) is 6.63. The molecule has 0 saturated carbocycles. The number of hydrogen-bond donors (Lipinski definition) is 1. The van der Waals surface area contributed by atoms with Crippen molar-refractivity contribution < 1.29 is 5.11 Å². The van der Waals surface area contributed by atoms with Crippen molar-refractivity contribution in [3.63, 3.8) is 0 Å². The topological polar surface area (TPSA) is 41.3 Å². The highest BCUT2D eigenvalue weighted by atomic mass is 16.3. The van der Waals surface area contributed by atoms with E-state index in [1.165, 1.54) is 24.8 Å². The summed E-state index contributed by atoms with van der Waals surface area (Å²) in [6.07, 6.45) is 8.91. The number of likely N-dealkylation sites (tertiary alicyclic amines) is 1. The minimum atomic E-state index is 0.290. The Hall–Kier alpha value is -0.870. The molecule has 1 fully saturated rings. The van der Waals surface area contributed by atoms with E-state index in [1.54, 1.807) is 0 Å². The predicted molar refractivity (Wildman–Crippen MR) is 67.9 cm³/mol. The van der Waals surface area contributed by atoms with Crippen LogP contribution in [0.5, 0.6) is 0 Å². The van der Waals surface area contributed by atoms with Gasteiger partial charge in [0.15, 0.2) is 0 Å². The molecule has 0 radical (unpaired) electrons.